The number of carbonyl (C=O) groups is 1. The van der Waals surface area contributed by atoms with Crippen LogP contribution in [0.1, 0.15) is 113 Å². The van der Waals surface area contributed by atoms with E-state index in [9.17, 15) is 55.9 Å². The maximum atomic E-state index is 14.7. The van der Waals surface area contributed by atoms with Crippen LogP contribution in [0.25, 0.3) is 0 Å². The van der Waals surface area contributed by atoms with E-state index in [2.05, 4.69) is 40.7 Å². The molecule has 0 radical (unpaired) electrons. The van der Waals surface area contributed by atoms with Crippen molar-refractivity contribution in [3.05, 3.63) is 11.6 Å². The third-order valence-electron chi connectivity index (χ3n) is 19.0. The Hall–Kier alpha value is -1.39. The van der Waals surface area contributed by atoms with Crippen molar-refractivity contribution < 1.29 is 84.3 Å². The topological polar surface area (TPSA) is 275 Å². The number of fused-ring (bicyclic) bond motifs is 7. The van der Waals surface area contributed by atoms with E-state index in [1.807, 2.05) is 6.92 Å². The van der Waals surface area contributed by atoms with E-state index < -0.39 is 116 Å². The Kier molecular flexibility index (Phi) is 13.2. The van der Waals surface area contributed by atoms with Gasteiger partial charge in [0.2, 0.25) is 6.29 Å². The molecule has 8 aliphatic rings. The van der Waals surface area contributed by atoms with Gasteiger partial charge in [-0.3, -0.25) is 4.79 Å². The first-order valence-corrected chi connectivity index (χ1v) is 23.7. The maximum Gasteiger partial charge on any atom is 0.315 e. The van der Waals surface area contributed by atoms with E-state index in [-0.39, 0.29) is 52.6 Å². The van der Waals surface area contributed by atoms with Crippen LogP contribution in [0, 0.1) is 50.2 Å². The van der Waals surface area contributed by atoms with E-state index in [1.165, 1.54) is 12.5 Å². The lowest BCUT2D eigenvalue weighted by Crippen LogP contribution is -2.67. The Labute approximate surface area is 376 Å². The minimum atomic E-state index is -1.69. The molecule has 17 heteroatoms. The molecule has 5 aliphatic carbocycles. The van der Waals surface area contributed by atoms with Crippen LogP contribution in [0.5, 0.6) is 0 Å². The Morgan fingerprint density at radius 2 is 1.39 bits per heavy atom. The molecule has 64 heavy (non-hydrogen) atoms. The van der Waals surface area contributed by atoms with Crippen LogP contribution in [-0.4, -0.2) is 169 Å². The second kappa shape index (κ2) is 17.2. The number of hydrogen-bond donors (Lipinski definition) is 10. The molecule has 23 atom stereocenters. The highest BCUT2D eigenvalue weighted by Crippen LogP contribution is 2.76. The Morgan fingerprint density at radius 3 is 2.08 bits per heavy atom. The molecule has 0 aromatic carbocycles. The van der Waals surface area contributed by atoms with Gasteiger partial charge in [-0.05, 0) is 111 Å². The summed E-state index contributed by atoms with van der Waals surface area (Å²) in [5.74, 6) is -0.439. The first kappa shape index (κ1) is 49.0. The summed E-state index contributed by atoms with van der Waals surface area (Å²) in [6.45, 7) is 14.1. The smallest absolute Gasteiger partial charge is 0.315 e. The van der Waals surface area contributed by atoms with E-state index in [0.29, 0.717) is 19.3 Å². The predicted molar refractivity (Wildman–Crippen MR) is 224 cm³/mol. The first-order chi connectivity index (χ1) is 29.9. The molecule has 0 amide bonds. The van der Waals surface area contributed by atoms with E-state index in [1.54, 1.807) is 0 Å². The van der Waals surface area contributed by atoms with Crippen molar-refractivity contribution in [2.24, 2.45) is 50.2 Å². The number of aliphatic hydroxyl groups excluding tert-OH is 10. The lowest BCUT2D eigenvalue weighted by atomic mass is 9.33. The van der Waals surface area contributed by atoms with Crippen molar-refractivity contribution in [3.8, 4) is 0 Å². The van der Waals surface area contributed by atoms with Crippen molar-refractivity contribution in [3.63, 3.8) is 0 Å². The van der Waals surface area contributed by atoms with Crippen LogP contribution < -0.4 is 0 Å². The van der Waals surface area contributed by atoms with Crippen molar-refractivity contribution in [2.45, 2.75) is 205 Å². The normalized spacial score (nSPS) is 54.9. The summed E-state index contributed by atoms with van der Waals surface area (Å²) in [7, 11) is 0. The Morgan fingerprint density at radius 1 is 0.719 bits per heavy atom. The summed E-state index contributed by atoms with van der Waals surface area (Å²) in [4.78, 5) is 14.7. The molecular formula is C47H76O17. The zero-order valence-corrected chi connectivity index (χ0v) is 38.5. The molecule has 3 aliphatic heterocycles. The summed E-state index contributed by atoms with van der Waals surface area (Å²) in [6.07, 6.45) is -11.1. The summed E-state index contributed by atoms with van der Waals surface area (Å²) >= 11 is 0. The third-order valence-corrected chi connectivity index (χ3v) is 19.0. The molecule has 0 unspecified atom stereocenters. The van der Waals surface area contributed by atoms with Gasteiger partial charge in [0.15, 0.2) is 12.6 Å². The fraction of sp³-hybridized carbons (Fsp3) is 0.936. The summed E-state index contributed by atoms with van der Waals surface area (Å²) in [5, 5.41) is 106. The molecule has 366 valence electrons. The average molecular weight is 913 g/mol. The second-order valence-corrected chi connectivity index (χ2v) is 22.8. The minimum absolute atomic E-state index is 0.00430. The lowest BCUT2D eigenvalue weighted by molar-refractivity contribution is -0.365. The zero-order valence-electron chi connectivity index (χ0n) is 38.5. The van der Waals surface area contributed by atoms with Gasteiger partial charge >= 0.3 is 5.97 Å². The molecule has 10 N–H and O–H groups in total. The summed E-state index contributed by atoms with van der Waals surface area (Å²) in [6, 6.07) is 0. The first-order valence-electron chi connectivity index (χ1n) is 23.7. The van der Waals surface area contributed by atoms with Gasteiger partial charge in [0.1, 0.15) is 61.0 Å². The molecule has 3 saturated heterocycles. The lowest BCUT2D eigenvalue weighted by Gasteiger charge is -2.71. The highest BCUT2D eigenvalue weighted by Gasteiger charge is 2.70. The van der Waals surface area contributed by atoms with Crippen molar-refractivity contribution in [2.75, 3.05) is 19.8 Å². The molecule has 4 saturated carbocycles. The molecule has 0 spiro atoms. The fourth-order valence-electron chi connectivity index (χ4n) is 14.7. The molecular weight excluding hydrogens is 837 g/mol. The number of aliphatic hydroxyl groups is 10. The maximum absolute atomic E-state index is 14.7. The highest BCUT2D eigenvalue weighted by atomic mass is 16.8. The van der Waals surface area contributed by atoms with Crippen molar-refractivity contribution in [1.29, 1.82) is 0 Å². The van der Waals surface area contributed by atoms with Gasteiger partial charge in [0.25, 0.3) is 0 Å². The second-order valence-electron chi connectivity index (χ2n) is 22.8. The number of rotatable bonds is 8. The largest absolute Gasteiger partial charge is 0.432 e. The Balaban J connectivity index is 1.05. The van der Waals surface area contributed by atoms with Gasteiger partial charge in [-0.15, -0.1) is 0 Å². The van der Waals surface area contributed by atoms with Crippen LogP contribution in [-0.2, 0) is 33.2 Å². The SMILES string of the molecule is C[C@@H]1O[C@@H](O[C@H]2[C@H](O[C@H]3CC[C@@]4(C)[C@@H](CC[C@]5(C)[C@@H]4CC=C4[C@@H]6CC(C)(C)CC[C@]6(C(=O)O[C@@H]6O[C@H](CO)[C@@H](O)[C@H](O)[C@H]6O)CC[C@]45C)[C@]3(C)CO)OC[C@H](O)[C@@H]2O)[C@H](O)[C@H](O)[C@H]1O. The molecule has 0 aromatic rings. The van der Waals surface area contributed by atoms with Crippen LogP contribution >= 0.6 is 0 Å². The van der Waals surface area contributed by atoms with Crippen LogP contribution in [0.4, 0.5) is 0 Å². The number of esters is 1. The molecule has 17 nitrogen and oxygen atoms in total. The number of ether oxygens (including phenoxy) is 6. The highest BCUT2D eigenvalue weighted by molar-refractivity contribution is 5.79. The monoisotopic (exact) mass is 913 g/mol. The number of allylic oxidation sites excluding steroid dienone is 2. The molecule has 8 rings (SSSR count). The van der Waals surface area contributed by atoms with Crippen LogP contribution in [0.15, 0.2) is 11.6 Å². The van der Waals surface area contributed by atoms with Crippen molar-refractivity contribution >= 4 is 5.97 Å². The molecule has 3 heterocycles. The predicted octanol–water partition coefficient (Wildman–Crippen LogP) is 0.780. The Bertz CT molecular complexity index is 1750. The zero-order chi connectivity index (χ0) is 46.7. The van der Waals surface area contributed by atoms with E-state index in [0.717, 1.165) is 44.9 Å². The van der Waals surface area contributed by atoms with Crippen LogP contribution in [0.3, 0.4) is 0 Å². The third kappa shape index (κ3) is 7.49. The average Bonchev–Trinajstić information content (AvgIpc) is 3.25. The number of carbonyl (C=O) groups excluding carboxylic acids is 1. The summed E-state index contributed by atoms with van der Waals surface area (Å²) < 4.78 is 36.1. The minimum Gasteiger partial charge on any atom is -0.432 e. The quantitative estimate of drug-likeness (QED) is 0.0916. The molecule has 0 bridgehead atoms. The summed E-state index contributed by atoms with van der Waals surface area (Å²) in [5.41, 5.74) is -1.19. The van der Waals surface area contributed by atoms with Gasteiger partial charge in [-0.1, -0.05) is 53.2 Å². The van der Waals surface area contributed by atoms with Gasteiger partial charge in [-0.25, -0.2) is 0 Å². The number of hydrogen-bond acceptors (Lipinski definition) is 17. The standard InChI is InChI=1S/C47H76O17/c1-22-30(51)33(54)35(56)38(60-22)63-37-31(52)25(50)20-59-40(37)62-29-11-12-43(4)27(44(29,5)21-49)10-13-46(7)28(43)9-8-23-24-18-42(2,3)14-16-47(24,17-15-45(23,46)6)41(58)64-39-36(57)34(55)32(53)26(19-48)61-39/h8,22,24-40,48-57H,9-21H2,1-7H3/t22-,24-,25-,26+,27+,28+,29-,30-,31-,32+,33+,34-,35+,36+,37+,38-,39-,40-,43-,44-,45+,46+,47-/m0/s1. The van der Waals surface area contributed by atoms with E-state index >= 15 is 0 Å². The molecule has 0 aromatic heterocycles. The van der Waals surface area contributed by atoms with Crippen molar-refractivity contribution in [1.82, 2.24) is 0 Å². The van der Waals surface area contributed by atoms with Gasteiger partial charge in [0, 0.05) is 5.41 Å². The van der Waals surface area contributed by atoms with Crippen LogP contribution in [0.2, 0.25) is 0 Å². The fourth-order valence-corrected chi connectivity index (χ4v) is 14.7. The van der Waals surface area contributed by atoms with E-state index in [4.69, 9.17) is 28.4 Å². The van der Waals surface area contributed by atoms with Gasteiger partial charge in [-0.2, -0.15) is 0 Å². The van der Waals surface area contributed by atoms with Gasteiger partial charge in [0.05, 0.1) is 37.4 Å². The van der Waals surface area contributed by atoms with Gasteiger partial charge < -0.3 is 79.5 Å². The molecule has 7 fully saturated rings.